The molecule has 2 rings (SSSR count). The van der Waals surface area contributed by atoms with E-state index in [9.17, 15) is 0 Å². The summed E-state index contributed by atoms with van der Waals surface area (Å²) in [6, 6.07) is 0. The maximum Gasteiger partial charge on any atom is 0.0507 e. The van der Waals surface area contributed by atoms with E-state index in [1.807, 2.05) is 0 Å². The van der Waals surface area contributed by atoms with Crippen LogP contribution in [0.4, 0.5) is 0 Å². The van der Waals surface area contributed by atoms with Crippen molar-refractivity contribution in [1.29, 1.82) is 0 Å². The Balaban J connectivity index is 1.35. The molecule has 1 aliphatic carbocycles. The molecule has 1 saturated carbocycles. The van der Waals surface area contributed by atoms with Gasteiger partial charge in [-0.2, -0.15) is 11.8 Å². The highest BCUT2D eigenvalue weighted by atomic mass is 32.2. The van der Waals surface area contributed by atoms with Crippen LogP contribution in [0.5, 0.6) is 0 Å². The van der Waals surface area contributed by atoms with Gasteiger partial charge in [-0.3, -0.25) is 0 Å². The van der Waals surface area contributed by atoms with Crippen LogP contribution in [0.15, 0.2) is 0 Å². The van der Waals surface area contributed by atoms with E-state index in [0.29, 0.717) is 0 Å². The van der Waals surface area contributed by atoms with Crippen LogP contribution in [0.3, 0.4) is 0 Å². The molecule has 1 unspecified atom stereocenters. The van der Waals surface area contributed by atoms with Crippen molar-refractivity contribution in [2.75, 3.05) is 37.8 Å². The summed E-state index contributed by atoms with van der Waals surface area (Å²) in [4.78, 5) is 0. The third kappa shape index (κ3) is 4.20. The summed E-state index contributed by atoms with van der Waals surface area (Å²) in [7, 11) is 0. The number of ether oxygens (including phenoxy) is 1. The Labute approximate surface area is 91.2 Å². The van der Waals surface area contributed by atoms with Crippen LogP contribution in [0.1, 0.15) is 19.3 Å². The highest BCUT2D eigenvalue weighted by Crippen LogP contribution is 2.32. The molecule has 1 N–H and O–H groups in total. The van der Waals surface area contributed by atoms with Gasteiger partial charge in [0.15, 0.2) is 0 Å². The highest BCUT2D eigenvalue weighted by Gasteiger charge is 2.20. The Kier molecular flexibility index (Phi) is 4.61. The molecule has 0 aromatic heterocycles. The molecule has 1 saturated heterocycles. The van der Waals surface area contributed by atoms with Crippen molar-refractivity contribution in [3.05, 3.63) is 0 Å². The first-order chi connectivity index (χ1) is 6.95. The third-order valence-corrected chi connectivity index (χ3v) is 4.13. The van der Waals surface area contributed by atoms with Crippen molar-refractivity contribution >= 4 is 11.8 Å². The van der Waals surface area contributed by atoms with Crippen molar-refractivity contribution < 1.29 is 4.74 Å². The minimum absolute atomic E-state index is 0.781. The fraction of sp³-hybridized carbons (Fsp3) is 1.00. The second kappa shape index (κ2) is 5.99. The Hall–Kier alpha value is 0.270. The largest absolute Gasteiger partial charge is 0.381 e. The molecule has 0 amide bonds. The molecule has 1 atom stereocenters. The second-order valence-electron chi connectivity index (χ2n) is 4.45. The first-order valence-electron chi connectivity index (χ1n) is 5.81. The number of rotatable bonds is 7. The predicted molar refractivity (Wildman–Crippen MR) is 61.8 cm³/mol. The number of nitrogens with one attached hydrogen (secondary N) is 1. The van der Waals surface area contributed by atoms with Crippen molar-refractivity contribution in [2.45, 2.75) is 19.3 Å². The summed E-state index contributed by atoms with van der Waals surface area (Å²) in [6.07, 6.45) is 4.22. The van der Waals surface area contributed by atoms with Crippen LogP contribution >= 0.6 is 11.8 Å². The summed E-state index contributed by atoms with van der Waals surface area (Å²) < 4.78 is 5.33. The Morgan fingerprint density at radius 2 is 2.14 bits per heavy atom. The van der Waals surface area contributed by atoms with Gasteiger partial charge in [0.2, 0.25) is 0 Å². The van der Waals surface area contributed by atoms with Crippen LogP contribution in [-0.2, 0) is 4.74 Å². The standard InChI is InChI=1S/C11H21NOS/c1-2-10(1)9-14-6-4-12-7-11-3-5-13-8-11/h10-12H,1-9H2. The first kappa shape index (κ1) is 10.8. The number of hydrogen-bond donors (Lipinski definition) is 1. The minimum atomic E-state index is 0.781. The van der Waals surface area contributed by atoms with Gasteiger partial charge in [0.25, 0.3) is 0 Å². The molecule has 2 nitrogen and oxygen atoms in total. The van der Waals surface area contributed by atoms with Gasteiger partial charge in [-0.1, -0.05) is 0 Å². The predicted octanol–water partition coefficient (Wildman–Crippen LogP) is 1.76. The summed E-state index contributed by atoms with van der Waals surface area (Å²) in [5, 5.41) is 3.52. The van der Waals surface area contributed by atoms with Gasteiger partial charge in [-0.25, -0.2) is 0 Å². The molecule has 14 heavy (non-hydrogen) atoms. The van der Waals surface area contributed by atoms with Gasteiger partial charge < -0.3 is 10.1 Å². The van der Waals surface area contributed by atoms with Crippen molar-refractivity contribution in [3.63, 3.8) is 0 Å². The maximum absolute atomic E-state index is 5.33. The monoisotopic (exact) mass is 215 g/mol. The summed E-state index contributed by atoms with van der Waals surface area (Å²) in [5.74, 6) is 4.53. The molecule has 0 aromatic carbocycles. The quantitative estimate of drug-likeness (QED) is 0.654. The zero-order valence-corrected chi connectivity index (χ0v) is 9.65. The molecule has 1 aliphatic heterocycles. The normalized spacial score (nSPS) is 27.0. The molecular weight excluding hydrogens is 194 g/mol. The summed E-state index contributed by atoms with van der Waals surface area (Å²) in [6.45, 7) is 4.28. The zero-order valence-electron chi connectivity index (χ0n) is 8.84. The number of thioether (sulfide) groups is 1. The first-order valence-corrected chi connectivity index (χ1v) is 6.97. The molecule has 2 aliphatic rings. The van der Waals surface area contributed by atoms with Gasteiger partial charge in [-0.05, 0) is 36.9 Å². The smallest absolute Gasteiger partial charge is 0.0507 e. The van der Waals surface area contributed by atoms with Crippen molar-refractivity contribution in [1.82, 2.24) is 5.32 Å². The van der Waals surface area contributed by atoms with E-state index in [-0.39, 0.29) is 0 Å². The summed E-state index contributed by atoms with van der Waals surface area (Å²) >= 11 is 2.11. The maximum atomic E-state index is 5.33. The number of hydrogen-bond acceptors (Lipinski definition) is 3. The summed E-state index contributed by atoms with van der Waals surface area (Å²) in [5.41, 5.74) is 0. The van der Waals surface area contributed by atoms with Gasteiger partial charge in [0.05, 0.1) is 6.61 Å². The van der Waals surface area contributed by atoms with E-state index >= 15 is 0 Å². The van der Waals surface area contributed by atoms with Crippen molar-refractivity contribution in [2.24, 2.45) is 11.8 Å². The van der Waals surface area contributed by atoms with E-state index < -0.39 is 0 Å². The lowest BCUT2D eigenvalue weighted by Crippen LogP contribution is -2.25. The molecule has 1 heterocycles. The lowest BCUT2D eigenvalue weighted by atomic mass is 10.1. The van der Waals surface area contributed by atoms with Crippen LogP contribution in [0.25, 0.3) is 0 Å². The van der Waals surface area contributed by atoms with E-state index in [4.69, 9.17) is 4.74 Å². The van der Waals surface area contributed by atoms with Crippen LogP contribution in [0.2, 0.25) is 0 Å². The van der Waals surface area contributed by atoms with E-state index in [1.165, 1.54) is 37.3 Å². The lowest BCUT2D eigenvalue weighted by Gasteiger charge is -2.08. The Bertz CT molecular complexity index is 155. The van der Waals surface area contributed by atoms with E-state index in [2.05, 4.69) is 17.1 Å². The average molecular weight is 215 g/mol. The van der Waals surface area contributed by atoms with Gasteiger partial charge in [0.1, 0.15) is 0 Å². The molecule has 82 valence electrons. The van der Waals surface area contributed by atoms with Gasteiger partial charge >= 0.3 is 0 Å². The molecular formula is C11H21NOS. The minimum Gasteiger partial charge on any atom is -0.381 e. The van der Waals surface area contributed by atoms with Crippen molar-refractivity contribution in [3.8, 4) is 0 Å². The molecule has 0 bridgehead atoms. The Morgan fingerprint density at radius 1 is 1.21 bits per heavy atom. The van der Waals surface area contributed by atoms with Crippen LogP contribution < -0.4 is 5.32 Å². The van der Waals surface area contributed by atoms with E-state index in [0.717, 1.165) is 31.6 Å². The zero-order chi connectivity index (χ0) is 9.64. The highest BCUT2D eigenvalue weighted by molar-refractivity contribution is 7.99. The SMILES string of the molecule is C(CSCC1CC1)NCC1CCOC1. The van der Waals surface area contributed by atoms with Gasteiger partial charge in [-0.15, -0.1) is 0 Å². The third-order valence-electron chi connectivity index (χ3n) is 2.93. The van der Waals surface area contributed by atoms with Crippen LogP contribution in [-0.4, -0.2) is 37.8 Å². The fourth-order valence-electron chi connectivity index (χ4n) is 1.73. The molecule has 3 heteroatoms. The topological polar surface area (TPSA) is 21.3 Å². The second-order valence-corrected chi connectivity index (χ2v) is 5.60. The fourth-order valence-corrected chi connectivity index (χ4v) is 2.85. The molecule has 0 spiro atoms. The molecule has 2 fully saturated rings. The van der Waals surface area contributed by atoms with Gasteiger partial charge in [0, 0.05) is 25.4 Å². The lowest BCUT2D eigenvalue weighted by molar-refractivity contribution is 0.185. The molecule has 0 aromatic rings. The average Bonchev–Trinajstić information content (AvgIpc) is 2.87. The van der Waals surface area contributed by atoms with E-state index in [1.54, 1.807) is 0 Å². The Morgan fingerprint density at radius 3 is 2.86 bits per heavy atom. The van der Waals surface area contributed by atoms with Crippen LogP contribution in [0, 0.1) is 11.8 Å². The molecule has 0 radical (unpaired) electrons.